The Labute approximate surface area is 105 Å². The summed E-state index contributed by atoms with van der Waals surface area (Å²) in [5.74, 6) is -0.157. The molecule has 18 heavy (non-hydrogen) atoms. The normalized spacial score (nSPS) is 21.7. The largest absolute Gasteiger partial charge is 0.373 e. The molecule has 0 aromatic carbocycles. The molecule has 6 nitrogen and oxygen atoms in total. The molecule has 1 amide bonds. The molecule has 0 bridgehead atoms. The summed E-state index contributed by atoms with van der Waals surface area (Å²) in [7, 11) is 0. The Morgan fingerprint density at radius 2 is 2.44 bits per heavy atom. The molecule has 1 aliphatic heterocycles. The number of amides is 1. The number of H-pyrrole nitrogens is 1. The van der Waals surface area contributed by atoms with Crippen molar-refractivity contribution >= 4 is 5.91 Å². The van der Waals surface area contributed by atoms with Crippen LogP contribution < -0.4 is 11.3 Å². The first kappa shape index (κ1) is 12.8. The van der Waals surface area contributed by atoms with E-state index in [4.69, 9.17) is 10.5 Å². The number of nitrogens with one attached hydrogen (secondary N) is 1. The van der Waals surface area contributed by atoms with Crippen molar-refractivity contribution in [3.8, 4) is 0 Å². The van der Waals surface area contributed by atoms with E-state index in [-0.39, 0.29) is 23.6 Å². The van der Waals surface area contributed by atoms with Gasteiger partial charge in [0.2, 0.25) is 5.56 Å². The van der Waals surface area contributed by atoms with Crippen molar-refractivity contribution in [2.75, 3.05) is 19.7 Å². The number of ether oxygens (including phenoxy) is 1. The lowest BCUT2D eigenvalue weighted by Crippen LogP contribution is -2.51. The molecule has 0 aliphatic carbocycles. The van der Waals surface area contributed by atoms with Gasteiger partial charge in [0.05, 0.1) is 12.7 Å². The Hall–Kier alpha value is -1.66. The van der Waals surface area contributed by atoms with Crippen molar-refractivity contribution < 1.29 is 9.53 Å². The van der Waals surface area contributed by atoms with E-state index in [0.29, 0.717) is 25.3 Å². The predicted molar refractivity (Wildman–Crippen MR) is 66.4 cm³/mol. The van der Waals surface area contributed by atoms with Crippen LogP contribution in [0.3, 0.4) is 0 Å². The molecule has 1 aliphatic rings. The Kier molecular flexibility index (Phi) is 3.78. The van der Waals surface area contributed by atoms with Crippen LogP contribution >= 0.6 is 0 Å². The van der Waals surface area contributed by atoms with E-state index in [1.165, 1.54) is 12.3 Å². The average molecular weight is 251 g/mol. The minimum atomic E-state index is -0.280. The van der Waals surface area contributed by atoms with Gasteiger partial charge in [0, 0.05) is 37.0 Å². The van der Waals surface area contributed by atoms with Gasteiger partial charge < -0.3 is 20.4 Å². The van der Waals surface area contributed by atoms with Crippen LogP contribution in [0.5, 0.6) is 0 Å². The highest BCUT2D eigenvalue weighted by Gasteiger charge is 2.27. The fourth-order valence-electron chi connectivity index (χ4n) is 1.94. The van der Waals surface area contributed by atoms with E-state index in [1.54, 1.807) is 11.0 Å². The second-order valence-electron chi connectivity index (χ2n) is 4.46. The fraction of sp³-hybridized carbons (Fsp3) is 0.500. The monoisotopic (exact) mass is 251 g/mol. The van der Waals surface area contributed by atoms with Gasteiger partial charge >= 0.3 is 0 Å². The first-order valence-corrected chi connectivity index (χ1v) is 5.93. The number of pyridine rings is 1. The SMILES string of the molecule is CC(N)C1CN(C(=O)c2cc[nH]c(=O)c2)CCO1. The molecule has 0 saturated carbocycles. The quantitative estimate of drug-likeness (QED) is 0.746. The van der Waals surface area contributed by atoms with Gasteiger partial charge in [0.1, 0.15) is 0 Å². The van der Waals surface area contributed by atoms with Gasteiger partial charge in [0.25, 0.3) is 5.91 Å². The summed E-state index contributed by atoms with van der Waals surface area (Å²) in [6.45, 7) is 3.31. The number of nitrogens with two attached hydrogens (primary N) is 1. The number of hydrogen-bond donors (Lipinski definition) is 2. The highest BCUT2D eigenvalue weighted by atomic mass is 16.5. The summed E-state index contributed by atoms with van der Waals surface area (Å²) in [6, 6.07) is 2.78. The predicted octanol–water partition coefficient (Wildman–Crippen LogP) is -0.437. The molecule has 98 valence electrons. The van der Waals surface area contributed by atoms with Crippen molar-refractivity contribution in [1.82, 2.24) is 9.88 Å². The molecule has 0 radical (unpaired) electrons. The van der Waals surface area contributed by atoms with Crippen molar-refractivity contribution in [2.24, 2.45) is 5.73 Å². The third-order valence-electron chi connectivity index (χ3n) is 2.99. The summed E-state index contributed by atoms with van der Waals surface area (Å²) in [6.07, 6.45) is 1.32. The number of hydrogen-bond acceptors (Lipinski definition) is 4. The maximum Gasteiger partial charge on any atom is 0.254 e. The molecule has 1 aromatic rings. The van der Waals surface area contributed by atoms with E-state index in [9.17, 15) is 9.59 Å². The molecule has 0 spiro atoms. The van der Waals surface area contributed by atoms with Crippen LogP contribution in [0.1, 0.15) is 17.3 Å². The topological polar surface area (TPSA) is 88.4 Å². The molecular weight excluding hydrogens is 234 g/mol. The van der Waals surface area contributed by atoms with Crippen LogP contribution in [0.4, 0.5) is 0 Å². The zero-order valence-electron chi connectivity index (χ0n) is 10.3. The van der Waals surface area contributed by atoms with Gasteiger partial charge in [-0.1, -0.05) is 0 Å². The zero-order valence-corrected chi connectivity index (χ0v) is 10.3. The van der Waals surface area contributed by atoms with Crippen molar-refractivity contribution in [1.29, 1.82) is 0 Å². The summed E-state index contributed by atoms with van der Waals surface area (Å²) in [4.78, 5) is 27.5. The number of carbonyl (C=O) groups is 1. The lowest BCUT2D eigenvalue weighted by atomic mass is 10.1. The van der Waals surface area contributed by atoms with Crippen LogP contribution in [-0.2, 0) is 4.74 Å². The Balaban J connectivity index is 2.11. The van der Waals surface area contributed by atoms with E-state index in [0.717, 1.165) is 0 Å². The molecule has 3 N–H and O–H groups in total. The molecule has 1 saturated heterocycles. The molecule has 2 unspecified atom stereocenters. The lowest BCUT2D eigenvalue weighted by Gasteiger charge is -2.34. The highest BCUT2D eigenvalue weighted by molar-refractivity contribution is 5.94. The second kappa shape index (κ2) is 5.32. The first-order chi connectivity index (χ1) is 8.58. The number of nitrogens with zero attached hydrogens (tertiary/aromatic N) is 1. The summed E-state index contributed by atoms with van der Waals surface area (Å²) < 4.78 is 5.49. The lowest BCUT2D eigenvalue weighted by molar-refractivity contribution is -0.0300. The van der Waals surface area contributed by atoms with Gasteiger partial charge in [0.15, 0.2) is 0 Å². The number of aromatic amines is 1. The average Bonchev–Trinajstić information content (AvgIpc) is 2.38. The minimum absolute atomic E-state index is 0.125. The van der Waals surface area contributed by atoms with E-state index < -0.39 is 0 Å². The number of morpholine rings is 1. The molecular formula is C12H17N3O3. The smallest absolute Gasteiger partial charge is 0.254 e. The van der Waals surface area contributed by atoms with Gasteiger partial charge in [-0.2, -0.15) is 0 Å². The van der Waals surface area contributed by atoms with Crippen molar-refractivity contribution in [2.45, 2.75) is 19.1 Å². The van der Waals surface area contributed by atoms with Crippen LogP contribution in [0.25, 0.3) is 0 Å². The van der Waals surface area contributed by atoms with Crippen LogP contribution in [0.2, 0.25) is 0 Å². The Morgan fingerprint density at radius 3 is 3.11 bits per heavy atom. The van der Waals surface area contributed by atoms with E-state index >= 15 is 0 Å². The molecule has 1 aromatic heterocycles. The molecule has 2 rings (SSSR count). The van der Waals surface area contributed by atoms with Gasteiger partial charge in [-0.15, -0.1) is 0 Å². The van der Waals surface area contributed by atoms with E-state index in [1.807, 2.05) is 6.92 Å². The van der Waals surface area contributed by atoms with Crippen molar-refractivity contribution in [3.63, 3.8) is 0 Å². The van der Waals surface area contributed by atoms with Crippen molar-refractivity contribution in [3.05, 3.63) is 34.2 Å². The van der Waals surface area contributed by atoms with Gasteiger partial charge in [-0.25, -0.2) is 0 Å². The second-order valence-corrected chi connectivity index (χ2v) is 4.46. The van der Waals surface area contributed by atoms with Crippen LogP contribution in [0.15, 0.2) is 23.1 Å². The maximum atomic E-state index is 12.2. The van der Waals surface area contributed by atoms with E-state index in [2.05, 4.69) is 4.98 Å². The molecule has 6 heteroatoms. The molecule has 2 atom stereocenters. The first-order valence-electron chi connectivity index (χ1n) is 5.93. The fourth-order valence-corrected chi connectivity index (χ4v) is 1.94. The number of carbonyl (C=O) groups excluding carboxylic acids is 1. The zero-order chi connectivity index (χ0) is 13.1. The number of aromatic nitrogens is 1. The van der Waals surface area contributed by atoms with Crippen LogP contribution in [-0.4, -0.2) is 47.6 Å². The van der Waals surface area contributed by atoms with Gasteiger partial charge in [-0.3, -0.25) is 9.59 Å². The molecule has 2 heterocycles. The highest BCUT2D eigenvalue weighted by Crippen LogP contribution is 2.11. The Morgan fingerprint density at radius 1 is 1.67 bits per heavy atom. The minimum Gasteiger partial charge on any atom is -0.373 e. The summed E-state index contributed by atoms with van der Waals surface area (Å²) in [5, 5.41) is 0. The van der Waals surface area contributed by atoms with Gasteiger partial charge in [-0.05, 0) is 13.0 Å². The Bertz CT molecular complexity index is 483. The molecule has 1 fully saturated rings. The number of rotatable bonds is 2. The van der Waals surface area contributed by atoms with Crippen LogP contribution in [0, 0.1) is 0 Å². The standard InChI is InChI=1S/C12H17N3O3/c1-8(13)10-7-15(4-5-18-10)12(17)9-2-3-14-11(16)6-9/h2-3,6,8,10H,4-5,7,13H2,1H3,(H,14,16). The summed E-state index contributed by atoms with van der Waals surface area (Å²) in [5.41, 5.74) is 5.89. The third-order valence-corrected chi connectivity index (χ3v) is 2.99. The maximum absolute atomic E-state index is 12.2. The summed E-state index contributed by atoms with van der Waals surface area (Å²) >= 11 is 0. The third kappa shape index (κ3) is 2.77.